The second kappa shape index (κ2) is 3.49. The summed E-state index contributed by atoms with van der Waals surface area (Å²) < 4.78 is 1.39. The summed E-state index contributed by atoms with van der Waals surface area (Å²) in [5.74, 6) is -0.00699. The topological polar surface area (TPSA) is 47.8 Å². The fourth-order valence-electron chi connectivity index (χ4n) is 0.983. The van der Waals surface area contributed by atoms with E-state index in [0.29, 0.717) is 6.42 Å². The van der Waals surface area contributed by atoms with E-state index >= 15 is 0 Å². The van der Waals surface area contributed by atoms with E-state index in [-0.39, 0.29) is 5.91 Å². The van der Waals surface area contributed by atoms with Crippen LogP contribution in [0.3, 0.4) is 0 Å². The number of hydrogen-bond donors (Lipinski definition) is 0. The molecular formula is C8H7N3OS. The molecule has 0 saturated heterocycles. The van der Waals surface area contributed by atoms with Crippen molar-refractivity contribution in [2.75, 3.05) is 0 Å². The van der Waals surface area contributed by atoms with Crippen molar-refractivity contribution in [3.05, 3.63) is 35.0 Å². The Morgan fingerprint density at radius 3 is 2.85 bits per heavy atom. The molecule has 2 rings (SSSR count). The van der Waals surface area contributed by atoms with Crippen LogP contribution in [0.1, 0.15) is 9.67 Å². The summed E-state index contributed by atoms with van der Waals surface area (Å²) in [5.41, 5.74) is 0. The minimum Gasteiger partial charge on any atom is -0.274 e. The molecule has 0 spiro atoms. The van der Waals surface area contributed by atoms with Crippen LogP contribution < -0.4 is 0 Å². The second-order valence-corrected chi connectivity index (χ2v) is 3.55. The van der Waals surface area contributed by atoms with E-state index in [1.165, 1.54) is 17.2 Å². The van der Waals surface area contributed by atoms with Crippen LogP contribution in [0.25, 0.3) is 0 Å². The maximum atomic E-state index is 11.5. The first-order valence-corrected chi connectivity index (χ1v) is 4.64. The van der Waals surface area contributed by atoms with Gasteiger partial charge in [-0.2, -0.15) is 0 Å². The molecule has 13 heavy (non-hydrogen) atoms. The number of carbonyl (C=O) groups excluding carboxylic acids is 1. The molecule has 0 bridgehead atoms. The number of rotatable bonds is 2. The van der Waals surface area contributed by atoms with Crippen molar-refractivity contribution < 1.29 is 4.79 Å². The molecule has 0 aliphatic carbocycles. The molecule has 2 heterocycles. The van der Waals surface area contributed by atoms with E-state index in [0.717, 1.165) is 4.88 Å². The van der Waals surface area contributed by atoms with Gasteiger partial charge in [-0.3, -0.25) is 9.36 Å². The summed E-state index contributed by atoms with van der Waals surface area (Å²) in [6.07, 6.45) is 3.24. The molecule has 0 unspecified atom stereocenters. The van der Waals surface area contributed by atoms with Gasteiger partial charge in [0.05, 0.1) is 6.42 Å². The van der Waals surface area contributed by atoms with E-state index in [9.17, 15) is 4.79 Å². The zero-order valence-electron chi connectivity index (χ0n) is 6.75. The summed E-state index contributed by atoms with van der Waals surface area (Å²) in [4.78, 5) is 12.5. The minimum atomic E-state index is -0.00699. The minimum absolute atomic E-state index is 0.00699. The molecule has 0 aliphatic rings. The van der Waals surface area contributed by atoms with Crippen LogP contribution in [0.2, 0.25) is 0 Å². The molecule has 0 amide bonds. The monoisotopic (exact) mass is 193 g/mol. The maximum absolute atomic E-state index is 11.5. The highest BCUT2D eigenvalue weighted by molar-refractivity contribution is 7.10. The molecule has 0 N–H and O–H groups in total. The third kappa shape index (κ3) is 1.81. The predicted octanol–water partition coefficient (Wildman–Crippen LogP) is 1.22. The Morgan fingerprint density at radius 2 is 2.23 bits per heavy atom. The number of hydrogen-bond acceptors (Lipinski definition) is 4. The molecule has 0 fully saturated rings. The van der Waals surface area contributed by atoms with Gasteiger partial charge in [0.15, 0.2) is 0 Å². The lowest BCUT2D eigenvalue weighted by atomic mass is 10.3. The molecule has 5 heteroatoms. The SMILES string of the molecule is O=C(Cc1cccs1)n1cnnc1. The molecule has 0 radical (unpaired) electrons. The van der Waals surface area contributed by atoms with Crippen molar-refractivity contribution in [1.82, 2.24) is 14.8 Å². The van der Waals surface area contributed by atoms with Crippen molar-refractivity contribution in [3.8, 4) is 0 Å². The van der Waals surface area contributed by atoms with E-state index < -0.39 is 0 Å². The molecule has 66 valence electrons. The van der Waals surface area contributed by atoms with Crippen LogP contribution >= 0.6 is 11.3 Å². The highest BCUT2D eigenvalue weighted by Crippen LogP contribution is 2.09. The Labute approximate surface area is 78.8 Å². The molecular weight excluding hydrogens is 186 g/mol. The largest absolute Gasteiger partial charge is 0.274 e. The Kier molecular flexibility index (Phi) is 2.18. The Bertz CT molecular complexity index is 379. The lowest BCUT2D eigenvalue weighted by molar-refractivity contribution is 0.0914. The lowest BCUT2D eigenvalue weighted by Crippen LogP contribution is -2.10. The zero-order chi connectivity index (χ0) is 9.10. The fraction of sp³-hybridized carbons (Fsp3) is 0.125. The van der Waals surface area contributed by atoms with Crippen molar-refractivity contribution >= 4 is 17.2 Å². The van der Waals surface area contributed by atoms with Gasteiger partial charge in [0.1, 0.15) is 12.7 Å². The van der Waals surface area contributed by atoms with Crippen LogP contribution in [0.5, 0.6) is 0 Å². The first-order chi connectivity index (χ1) is 6.36. The van der Waals surface area contributed by atoms with Crippen molar-refractivity contribution in [3.63, 3.8) is 0 Å². The van der Waals surface area contributed by atoms with Gasteiger partial charge in [-0.05, 0) is 11.4 Å². The molecule has 4 nitrogen and oxygen atoms in total. The standard InChI is InChI=1S/C8H7N3OS/c12-8(11-5-9-10-6-11)4-7-2-1-3-13-7/h1-3,5-6H,4H2. The number of thiophene rings is 1. The molecule has 0 aliphatic heterocycles. The fourth-order valence-corrected chi connectivity index (χ4v) is 1.68. The van der Waals surface area contributed by atoms with Gasteiger partial charge in [0, 0.05) is 4.88 Å². The molecule has 2 aromatic rings. The van der Waals surface area contributed by atoms with Crippen LogP contribution in [0, 0.1) is 0 Å². The first kappa shape index (κ1) is 8.12. The zero-order valence-corrected chi connectivity index (χ0v) is 7.57. The maximum Gasteiger partial charge on any atom is 0.238 e. The lowest BCUT2D eigenvalue weighted by Gasteiger charge is -1.96. The van der Waals surface area contributed by atoms with E-state index in [2.05, 4.69) is 10.2 Å². The van der Waals surface area contributed by atoms with Crippen LogP contribution in [0.15, 0.2) is 30.2 Å². The van der Waals surface area contributed by atoms with Crippen molar-refractivity contribution in [2.45, 2.75) is 6.42 Å². The summed E-state index contributed by atoms with van der Waals surface area (Å²) in [5, 5.41) is 9.09. The molecule has 0 aromatic carbocycles. The predicted molar refractivity (Wildman–Crippen MR) is 48.7 cm³/mol. The van der Waals surface area contributed by atoms with Gasteiger partial charge < -0.3 is 0 Å². The smallest absolute Gasteiger partial charge is 0.238 e. The van der Waals surface area contributed by atoms with E-state index in [1.807, 2.05) is 17.5 Å². The van der Waals surface area contributed by atoms with Gasteiger partial charge in [0.2, 0.25) is 5.91 Å². The average molecular weight is 193 g/mol. The van der Waals surface area contributed by atoms with Gasteiger partial charge in [-0.25, -0.2) is 0 Å². The van der Waals surface area contributed by atoms with Gasteiger partial charge in [0.25, 0.3) is 0 Å². The Balaban J connectivity index is 2.08. The van der Waals surface area contributed by atoms with Crippen molar-refractivity contribution in [2.24, 2.45) is 0 Å². The molecule has 2 aromatic heterocycles. The number of aromatic nitrogens is 3. The van der Waals surface area contributed by atoms with Gasteiger partial charge in [-0.1, -0.05) is 6.07 Å². The number of carbonyl (C=O) groups is 1. The summed E-state index contributed by atoms with van der Waals surface area (Å²) in [6.45, 7) is 0. The third-order valence-electron chi connectivity index (χ3n) is 1.61. The average Bonchev–Trinajstić information content (AvgIpc) is 2.74. The molecule has 0 saturated carbocycles. The highest BCUT2D eigenvalue weighted by atomic mass is 32.1. The summed E-state index contributed by atoms with van der Waals surface area (Å²) in [7, 11) is 0. The Morgan fingerprint density at radius 1 is 1.46 bits per heavy atom. The van der Waals surface area contributed by atoms with E-state index in [4.69, 9.17) is 0 Å². The Hall–Kier alpha value is -1.49. The van der Waals surface area contributed by atoms with Crippen LogP contribution in [-0.4, -0.2) is 20.7 Å². The normalized spacial score (nSPS) is 10.2. The van der Waals surface area contributed by atoms with Gasteiger partial charge >= 0.3 is 0 Å². The van der Waals surface area contributed by atoms with Crippen molar-refractivity contribution in [1.29, 1.82) is 0 Å². The second-order valence-electron chi connectivity index (χ2n) is 2.52. The number of nitrogens with zero attached hydrogens (tertiary/aromatic N) is 3. The first-order valence-electron chi connectivity index (χ1n) is 3.76. The highest BCUT2D eigenvalue weighted by Gasteiger charge is 2.05. The summed E-state index contributed by atoms with van der Waals surface area (Å²) >= 11 is 1.57. The third-order valence-corrected chi connectivity index (χ3v) is 2.49. The molecule has 0 atom stereocenters. The quantitative estimate of drug-likeness (QED) is 0.720. The van der Waals surface area contributed by atoms with Gasteiger partial charge in [-0.15, -0.1) is 21.5 Å². The van der Waals surface area contributed by atoms with E-state index in [1.54, 1.807) is 11.3 Å². The van der Waals surface area contributed by atoms with Crippen LogP contribution in [0.4, 0.5) is 0 Å². The van der Waals surface area contributed by atoms with Crippen LogP contribution in [-0.2, 0) is 6.42 Å². The summed E-state index contributed by atoms with van der Waals surface area (Å²) in [6, 6.07) is 3.87.